The molecule has 0 saturated carbocycles. The first-order valence-electron chi connectivity index (χ1n) is 5.06. The van der Waals surface area contributed by atoms with Gasteiger partial charge >= 0.3 is 5.97 Å². The molecule has 2 rings (SSSR count). The lowest BCUT2D eigenvalue weighted by atomic mass is 10.1. The maximum Gasteiger partial charge on any atom is 0.348 e. The van der Waals surface area contributed by atoms with Gasteiger partial charge in [-0.05, 0) is 34.7 Å². The molecule has 0 atom stereocenters. The summed E-state index contributed by atoms with van der Waals surface area (Å²) < 4.78 is 4.62. The lowest BCUT2D eigenvalue weighted by Gasteiger charge is -2.00. The first kappa shape index (κ1) is 12.1. The van der Waals surface area contributed by atoms with Crippen molar-refractivity contribution in [3.05, 3.63) is 40.1 Å². The smallest absolute Gasteiger partial charge is 0.348 e. The average molecular weight is 259 g/mol. The van der Waals surface area contributed by atoms with Gasteiger partial charge in [-0.25, -0.2) is 4.79 Å². The first-order valence-corrected chi connectivity index (χ1v) is 5.94. The van der Waals surface area contributed by atoms with Gasteiger partial charge in [0.05, 0.1) is 12.7 Å². The Labute approximate surface area is 108 Å². The second-order valence-corrected chi connectivity index (χ2v) is 4.45. The number of carbonyl (C=O) groups is 1. The average Bonchev–Trinajstić information content (AvgIpc) is 2.87. The third-order valence-electron chi connectivity index (χ3n) is 2.44. The van der Waals surface area contributed by atoms with E-state index in [0.29, 0.717) is 4.88 Å². The number of benzene rings is 1. The molecule has 1 N–H and O–H groups in total. The molecule has 0 spiro atoms. The van der Waals surface area contributed by atoms with Gasteiger partial charge in [-0.15, -0.1) is 11.3 Å². The maximum atomic E-state index is 11.3. The normalized spacial score (nSPS) is 9.78. The number of nitrogens with zero attached hydrogens (tertiary/aromatic N) is 1. The van der Waals surface area contributed by atoms with Crippen molar-refractivity contribution < 1.29 is 14.6 Å². The van der Waals surface area contributed by atoms with Crippen LogP contribution in [0, 0.1) is 11.3 Å². The summed E-state index contributed by atoms with van der Waals surface area (Å²) in [6, 6.07) is 8.34. The molecule has 0 fully saturated rings. The van der Waals surface area contributed by atoms with Crippen molar-refractivity contribution in [2.75, 3.05) is 7.11 Å². The monoisotopic (exact) mass is 259 g/mol. The Morgan fingerprint density at radius 2 is 2.17 bits per heavy atom. The molecule has 0 aliphatic carbocycles. The third kappa shape index (κ3) is 2.19. The maximum absolute atomic E-state index is 11.3. The van der Waals surface area contributed by atoms with Crippen LogP contribution in [0.4, 0.5) is 0 Å². The Kier molecular flexibility index (Phi) is 3.31. The fourth-order valence-corrected chi connectivity index (χ4v) is 2.33. The Hall–Kier alpha value is -2.32. The van der Waals surface area contributed by atoms with Gasteiger partial charge in [0.1, 0.15) is 16.7 Å². The van der Waals surface area contributed by atoms with Crippen molar-refractivity contribution in [1.82, 2.24) is 0 Å². The van der Waals surface area contributed by atoms with E-state index < -0.39 is 0 Å². The lowest BCUT2D eigenvalue weighted by Crippen LogP contribution is -1.96. The van der Waals surface area contributed by atoms with Crippen molar-refractivity contribution in [1.29, 1.82) is 5.26 Å². The first-order chi connectivity index (χ1) is 8.65. The minimum absolute atomic E-state index is 0.0687. The summed E-state index contributed by atoms with van der Waals surface area (Å²) in [7, 11) is 1.33. The van der Waals surface area contributed by atoms with Crippen LogP contribution >= 0.6 is 11.3 Å². The van der Waals surface area contributed by atoms with Gasteiger partial charge < -0.3 is 9.84 Å². The molecule has 0 amide bonds. The number of hydrogen-bond donors (Lipinski definition) is 1. The van der Waals surface area contributed by atoms with E-state index in [1.54, 1.807) is 23.6 Å². The Bertz CT molecular complexity index is 640. The predicted molar refractivity (Wildman–Crippen MR) is 67.5 cm³/mol. The molecule has 0 bridgehead atoms. The van der Waals surface area contributed by atoms with Gasteiger partial charge in [0.2, 0.25) is 0 Å². The third-order valence-corrected chi connectivity index (χ3v) is 3.35. The number of aromatic hydroxyl groups is 1. The molecular weight excluding hydrogens is 250 g/mol. The number of phenolic OH excluding ortho intramolecular Hbond substituents is 1. The summed E-state index contributed by atoms with van der Waals surface area (Å²) in [5.41, 5.74) is 1.78. The second kappa shape index (κ2) is 4.90. The van der Waals surface area contributed by atoms with Crippen LogP contribution in [0.1, 0.15) is 15.2 Å². The molecule has 0 aliphatic heterocycles. The summed E-state index contributed by atoms with van der Waals surface area (Å²) in [4.78, 5) is 11.8. The number of rotatable bonds is 2. The van der Waals surface area contributed by atoms with Crippen molar-refractivity contribution >= 4 is 17.3 Å². The van der Waals surface area contributed by atoms with Crippen LogP contribution in [0.15, 0.2) is 29.6 Å². The van der Waals surface area contributed by atoms with E-state index in [0.717, 1.165) is 11.1 Å². The van der Waals surface area contributed by atoms with E-state index in [2.05, 4.69) is 4.74 Å². The largest absolute Gasteiger partial charge is 0.507 e. The molecule has 1 aromatic heterocycles. The topological polar surface area (TPSA) is 70.3 Å². The molecule has 2 aromatic rings. The molecular formula is C13H9NO3S. The van der Waals surface area contributed by atoms with Crippen LogP contribution in [0.25, 0.3) is 11.1 Å². The quantitative estimate of drug-likeness (QED) is 0.842. The van der Waals surface area contributed by atoms with E-state index in [9.17, 15) is 9.90 Å². The molecule has 0 saturated heterocycles. The van der Waals surface area contributed by atoms with Crippen molar-refractivity contribution in [2.24, 2.45) is 0 Å². The highest BCUT2D eigenvalue weighted by Crippen LogP contribution is 2.29. The summed E-state index contributed by atoms with van der Waals surface area (Å²) in [5.74, 6) is -0.454. The Morgan fingerprint density at radius 1 is 1.39 bits per heavy atom. The molecule has 1 heterocycles. The number of methoxy groups -OCH3 is 1. The number of ether oxygens (including phenoxy) is 1. The number of nitriles is 1. The van der Waals surface area contributed by atoms with Crippen LogP contribution in [0.5, 0.6) is 5.75 Å². The van der Waals surface area contributed by atoms with Crippen LogP contribution in [-0.2, 0) is 4.74 Å². The fraction of sp³-hybridized carbons (Fsp3) is 0.0769. The Balaban J connectivity index is 2.38. The van der Waals surface area contributed by atoms with E-state index in [1.165, 1.54) is 24.5 Å². The van der Waals surface area contributed by atoms with Crippen LogP contribution in [-0.4, -0.2) is 18.2 Å². The molecule has 1 aromatic carbocycles. The molecule has 90 valence electrons. The predicted octanol–water partition coefficient (Wildman–Crippen LogP) is 2.78. The minimum Gasteiger partial charge on any atom is -0.507 e. The van der Waals surface area contributed by atoms with Crippen molar-refractivity contribution in [3.63, 3.8) is 0 Å². The lowest BCUT2D eigenvalue weighted by molar-refractivity contribution is 0.0606. The highest BCUT2D eigenvalue weighted by Gasteiger charge is 2.11. The highest BCUT2D eigenvalue weighted by molar-refractivity contribution is 7.12. The fourth-order valence-electron chi connectivity index (χ4n) is 1.50. The number of carbonyl (C=O) groups excluding carboxylic acids is 1. The van der Waals surface area contributed by atoms with E-state index in [4.69, 9.17) is 5.26 Å². The SMILES string of the molecule is COC(=O)c1cc(-c2ccc(C#N)c(O)c2)cs1. The van der Waals surface area contributed by atoms with Crippen LogP contribution in [0.3, 0.4) is 0 Å². The highest BCUT2D eigenvalue weighted by atomic mass is 32.1. The molecule has 0 radical (unpaired) electrons. The molecule has 5 heteroatoms. The second-order valence-electron chi connectivity index (χ2n) is 3.53. The molecule has 0 unspecified atom stereocenters. The van der Waals surface area contributed by atoms with E-state index >= 15 is 0 Å². The Morgan fingerprint density at radius 3 is 2.78 bits per heavy atom. The van der Waals surface area contributed by atoms with Crippen LogP contribution < -0.4 is 0 Å². The van der Waals surface area contributed by atoms with Crippen molar-refractivity contribution in [2.45, 2.75) is 0 Å². The zero-order chi connectivity index (χ0) is 13.1. The standard InChI is InChI=1S/C13H9NO3S/c1-17-13(16)12-5-10(7-18-12)8-2-3-9(6-14)11(15)4-8/h2-5,7,15H,1H3. The molecule has 4 nitrogen and oxygen atoms in total. The summed E-state index contributed by atoms with van der Waals surface area (Å²) in [5, 5.41) is 20.1. The minimum atomic E-state index is -0.385. The zero-order valence-electron chi connectivity index (χ0n) is 9.51. The summed E-state index contributed by atoms with van der Waals surface area (Å²) >= 11 is 1.27. The number of phenols is 1. The van der Waals surface area contributed by atoms with E-state index in [-0.39, 0.29) is 17.3 Å². The number of hydrogen-bond acceptors (Lipinski definition) is 5. The van der Waals surface area contributed by atoms with Gasteiger partial charge in [-0.2, -0.15) is 5.26 Å². The van der Waals surface area contributed by atoms with E-state index in [1.807, 2.05) is 6.07 Å². The van der Waals surface area contributed by atoms with Gasteiger partial charge in [-0.3, -0.25) is 0 Å². The summed E-state index contributed by atoms with van der Waals surface area (Å²) in [6.45, 7) is 0. The summed E-state index contributed by atoms with van der Waals surface area (Å²) in [6.07, 6.45) is 0. The number of esters is 1. The van der Waals surface area contributed by atoms with Gasteiger partial charge in [0.15, 0.2) is 0 Å². The van der Waals surface area contributed by atoms with Gasteiger partial charge in [0, 0.05) is 0 Å². The van der Waals surface area contributed by atoms with Gasteiger partial charge in [-0.1, -0.05) is 6.07 Å². The van der Waals surface area contributed by atoms with Crippen LogP contribution in [0.2, 0.25) is 0 Å². The van der Waals surface area contributed by atoms with Gasteiger partial charge in [0.25, 0.3) is 0 Å². The number of thiophene rings is 1. The molecule has 18 heavy (non-hydrogen) atoms. The molecule has 0 aliphatic rings. The van der Waals surface area contributed by atoms with Crippen molar-refractivity contribution in [3.8, 4) is 22.9 Å². The zero-order valence-corrected chi connectivity index (χ0v) is 10.3.